The lowest BCUT2D eigenvalue weighted by molar-refractivity contribution is 0.0558. The summed E-state index contributed by atoms with van der Waals surface area (Å²) in [4.78, 5) is 5.43. The molecule has 2 aromatic carbocycles. The molecule has 1 aliphatic heterocycles. The van der Waals surface area contributed by atoms with E-state index < -0.39 is 0 Å². The standard InChI is InChI=1S/C25H34ClN3/c26-24-14-8-7-11-22(24)19-27-20-25(21-9-3-1-4-10-21)29-17-15-28(16-18-29)23-12-5-2-6-13-23/h1,3-4,7-11,14,23,25,27H,2,5-6,12-13,15-20H2. The predicted molar refractivity (Wildman–Crippen MR) is 122 cm³/mol. The van der Waals surface area contributed by atoms with Gasteiger partial charge in [0.15, 0.2) is 0 Å². The van der Waals surface area contributed by atoms with Gasteiger partial charge in [0.1, 0.15) is 0 Å². The number of nitrogens with zero attached hydrogens (tertiary/aromatic N) is 2. The Kier molecular flexibility index (Phi) is 7.61. The zero-order valence-electron chi connectivity index (χ0n) is 17.4. The third kappa shape index (κ3) is 5.61. The lowest BCUT2D eigenvalue weighted by Gasteiger charge is -2.43. The third-order valence-corrected chi connectivity index (χ3v) is 7.04. The van der Waals surface area contributed by atoms with Crippen molar-refractivity contribution in [1.82, 2.24) is 15.1 Å². The summed E-state index contributed by atoms with van der Waals surface area (Å²) in [7, 11) is 0. The zero-order valence-corrected chi connectivity index (χ0v) is 18.2. The van der Waals surface area contributed by atoms with Gasteiger partial charge in [0.05, 0.1) is 0 Å². The van der Waals surface area contributed by atoms with Gasteiger partial charge in [-0.3, -0.25) is 9.80 Å². The molecule has 0 radical (unpaired) electrons. The van der Waals surface area contributed by atoms with Crippen molar-refractivity contribution >= 4 is 11.6 Å². The Bertz CT molecular complexity index is 737. The number of hydrogen-bond acceptors (Lipinski definition) is 3. The summed E-state index contributed by atoms with van der Waals surface area (Å²) in [5.74, 6) is 0. The molecule has 156 valence electrons. The summed E-state index contributed by atoms with van der Waals surface area (Å²) in [6.45, 7) is 6.48. The van der Waals surface area contributed by atoms with Crippen LogP contribution in [0.4, 0.5) is 0 Å². The molecule has 2 aliphatic rings. The van der Waals surface area contributed by atoms with Crippen LogP contribution in [0.2, 0.25) is 5.02 Å². The topological polar surface area (TPSA) is 18.5 Å². The van der Waals surface area contributed by atoms with E-state index in [2.05, 4.69) is 57.6 Å². The van der Waals surface area contributed by atoms with E-state index in [9.17, 15) is 0 Å². The van der Waals surface area contributed by atoms with Crippen LogP contribution in [-0.2, 0) is 6.54 Å². The van der Waals surface area contributed by atoms with Gasteiger partial charge in [-0.05, 0) is 30.0 Å². The minimum atomic E-state index is 0.409. The number of halogens is 1. The van der Waals surface area contributed by atoms with Gasteiger partial charge in [-0.15, -0.1) is 0 Å². The molecule has 0 aromatic heterocycles. The Hall–Kier alpha value is -1.39. The molecule has 4 rings (SSSR count). The van der Waals surface area contributed by atoms with Crippen LogP contribution in [0.3, 0.4) is 0 Å². The number of hydrogen-bond donors (Lipinski definition) is 1. The van der Waals surface area contributed by atoms with Gasteiger partial charge in [0, 0.05) is 56.4 Å². The lowest BCUT2D eigenvalue weighted by Crippen LogP contribution is -2.52. The summed E-state index contributed by atoms with van der Waals surface area (Å²) in [5.41, 5.74) is 2.58. The van der Waals surface area contributed by atoms with Crippen molar-refractivity contribution in [1.29, 1.82) is 0 Å². The maximum absolute atomic E-state index is 6.34. The molecule has 0 amide bonds. The van der Waals surface area contributed by atoms with Crippen molar-refractivity contribution < 1.29 is 0 Å². The van der Waals surface area contributed by atoms with Crippen LogP contribution in [0.25, 0.3) is 0 Å². The summed E-state index contributed by atoms with van der Waals surface area (Å²) in [6, 6.07) is 20.3. The molecule has 1 heterocycles. The van der Waals surface area contributed by atoms with E-state index in [-0.39, 0.29) is 0 Å². The van der Waals surface area contributed by atoms with E-state index in [4.69, 9.17) is 11.6 Å². The normalized spacial score (nSPS) is 20.6. The smallest absolute Gasteiger partial charge is 0.0473 e. The SMILES string of the molecule is Clc1ccccc1CNCC(c1ccccc1)N1CCN(C2CCCCC2)CC1. The van der Waals surface area contributed by atoms with Crippen LogP contribution < -0.4 is 5.32 Å². The van der Waals surface area contributed by atoms with Gasteiger partial charge in [0.25, 0.3) is 0 Å². The maximum atomic E-state index is 6.34. The highest BCUT2D eigenvalue weighted by molar-refractivity contribution is 6.31. The van der Waals surface area contributed by atoms with Crippen LogP contribution in [-0.4, -0.2) is 48.6 Å². The van der Waals surface area contributed by atoms with Crippen molar-refractivity contribution in [2.24, 2.45) is 0 Å². The first kappa shape index (κ1) is 20.9. The van der Waals surface area contributed by atoms with Gasteiger partial charge in [0.2, 0.25) is 0 Å². The highest BCUT2D eigenvalue weighted by atomic mass is 35.5. The largest absolute Gasteiger partial charge is 0.311 e. The molecule has 2 fully saturated rings. The minimum Gasteiger partial charge on any atom is -0.311 e. The van der Waals surface area contributed by atoms with E-state index in [0.29, 0.717) is 6.04 Å². The number of benzene rings is 2. The molecule has 1 unspecified atom stereocenters. The Morgan fingerprint density at radius 1 is 0.862 bits per heavy atom. The van der Waals surface area contributed by atoms with E-state index in [0.717, 1.165) is 37.2 Å². The second-order valence-corrected chi connectivity index (χ2v) is 8.92. The molecule has 0 bridgehead atoms. The fraction of sp³-hybridized carbons (Fsp3) is 0.520. The predicted octanol–water partition coefficient (Wildman–Crippen LogP) is 5.12. The van der Waals surface area contributed by atoms with Crippen LogP contribution in [0.1, 0.15) is 49.3 Å². The molecule has 1 saturated heterocycles. The van der Waals surface area contributed by atoms with Crippen LogP contribution in [0.5, 0.6) is 0 Å². The van der Waals surface area contributed by atoms with Gasteiger partial charge in [-0.2, -0.15) is 0 Å². The second kappa shape index (κ2) is 10.6. The minimum absolute atomic E-state index is 0.409. The summed E-state index contributed by atoms with van der Waals surface area (Å²) in [6.07, 6.45) is 7.08. The average molecular weight is 412 g/mol. The monoisotopic (exact) mass is 411 g/mol. The molecule has 1 N–H and O–H groups in total. The fourth-order valence-electron chi connectivity index (χ4n) is 4.98. The average Bonchev–Trinajstić information content (AvgIpc) is 2.79. The van der Waals surface area contributed by atoms with E-state index >= 15 is 0 Å². The molecule has 4 heteroatoms. The van der Waals surface area contributed by atoms with Crippen LogP contribution in [0, 0.1) is 0 Å². The Morgan fingerprint density at radius 3 is 2.28 bits per heavy atom. The van der Waals surface area contributed by atoms with E-state index in [1.54, 1.807) is 0 Å². The van der Waals surface area contributed by atoms with Crippen molar-refractivity contribution in [3.8, 4) is 0 Å². The molecule has 2 aromatic rings. The molecule has 1 aliphatic carbocycles. The molecular formula is C25H34ClN3. The maximum Gasteiger partial charge on any atom is 0.0473 e. The van der Waals surface area contributed by atoms with Crippen molar-refractivity contribution in [2.75, 3.05) is 32.7 Å². The van der Waals surface area contributed by atoms with Gasteiger partial charge < -0.3 is 5.32 Å². The van der Waals surface area contributed by atoms with Crippen molar-refractivity contribution in [2.45, 2.75) is 50.7 Å². The van der Waals surface area contributed by atoms with E-state index in [1.807, 2.05) is 12.1 Å². The Morgan fingerprint density at radius 2 is 1.55 bits per heavy atom. The highest BCUT2D eigenvalue weighted by Gasteiger charge is 2.28. The second-order valence-electron chi connectivity index (χ2n) is 8.51. The van der Waals surface area contributed by atoms with Crippen LogP contribution >= 0.6 is 11.6 Å². The van der Waals surface area contributed by atoms with Crippen LogP contribution in [0.15, 0.2) is 54.6 Å². The fourth-order valence-corrected chi connectivity index (χ4v) is 5.18. The highest BCUT2D eigenvalue weighted by Crippen LogP contribution is 2.27. The molecule has 1 atom stereocenters. The first-order chi connectivity index (χ1) is 14.3. The van der Waals surface area contributed by atoms with Gasteiger partial charge in [-0.25, -0.2) is 0 Å². The summed E-state index contributed by atoms with van der Waals surface area (Å²) < 4.78 is 0. The quantitative estimate of drug-likeness (QED) is 0.682. The van der Waals surface area contributed by atoms with Gasteiger partial charge in [-0.1, -0.05) is 79.4 Å². The Balaban J connectivity index is 1.37. The summed E-state index contributed by atoms with van der Waals surface area (Å²) in [5, 5.41) is 4.52. The number of nitrogens with one attached hydrogen (secondary N) is 1. The zero-order chi connectivity index (χ0) is 19.9. The van der Waals surface area contributed by atoms with E-state index in [1.165, 1.54) is 56.3 Å². The first-order valence-electron chi connectivity index (χ1n) is 11.3. The lowest BCUT2D eigenvalue weighted by atomic mass is 9.93. The third-order valence-electron chi connectivity index (χ3n) is 6.68. The molecular weight excluding hydrogens is 378 g/mol. The first-order valence-corrected chi connectivity index (χ1v) is 11.7. The number of piperazine rings is 1. The van der Waals surface area contributed by atoms with Crippen molar-refractivity contribution in [3.05, 3.63) is 70.7 Å². The molecule has 1 saturated carbocycles. The molecule has 0 spiro atoms. The molecule has 29 heavy (non-hydrogen) atoms. The van der Waals surface area contributed by atoms with Gasteiger partial charge >= 0.3 is 0 Å². The Labute approximate surface area is 181 Å². The molecule has 3 nitrogen and oxygen atoms in total. The summed E-state index contributed by atoms with van der Waals surface area (Å²) >= 11 is 6.34. The van der Waals surface area contributed by atoms with Crippen molar-refractivity contribution in [3.63, 3.8) is 0 Å². The number of rotatable bonds is 7.